The summed E-state index contributed by atoms with van der Waals surface area (Å²) in [6.45, 7) is 3.67. The summed E-state index contributed by atoms with van der Waals surface area (Å²) in [5.41, 5.74) is 1.16. The maximum absolute atomic E-state index is 11.5. The molecule has 0 saturated carbocycles. The largest absolute Gasteiger partial charge is 0.497 e. The molecular formula is C18H25N3O4S. The molecular weight excluding hydrogens is 354 g/mol. The highest BCUT2D eigenvalue weighted by Crippen LogP contribution is 2.25. The fourth-order valence-electron chi connectivity index (χ4n) is 3.21. The molecule has 0 unspecified atom stereocenters. The van der Waals surface area contributed by atoms with E-state index in [1.807, 2.05) is 24.3 Å². The van der Waals surface area contributed by atoms with E-state index in [4.69, 9.17) is 9.15 Å². The first-order chi connectivity index (χ1) is 12.5. The summed E-state index contributed by atoms with van der Waals surface area (Å²) in [4.78, 5) is 4.58. The quantitative estimate of drug-likeness (QED) is 0.789. The fraction of sp³-hybridized carbons (Fsp3) is 0.444. The van der Waals surface area contributed by atoms with Crippen LogP contribution in [0.1, 0.15) is 11.8 Å². The summed E-state index contributed by atoms with van der Waals surface area (Å²) in [7, 11) is -1.59. The molecule has 1 aliphatic rings. The van der Waals surface area contributed by atoms with Crippen LogP contribution in [-0.4, -0.2) is 59.4 Å². The molecule has 3 rings (SSSR count). The molecule has 0 aliphatic carbocycles. The van der Waals surface area contributed by atoms with Gasteiger partial charge in [0.2, 0.25) is 10.0 Å². The van der Waals surface area contributed by atoms with Crippen LogP contribution >= 0.6 is 0 Å². The predicted molar refractivity (Wildman–Crippen MR) is 101 cm³/mol. The van der Waals surface area contributed by atoms with Gasteiger partial charge in [-0.25, -0.2) is 13.1 Å². The fourth-order valence-corrected chi connectivity index (χ4v) is 3.67. The van der Waals surface area contributed by atoms with Crippen molar-refractivity contribution in [2.45, 2.75) is 6.04 Å². The molecule has 7 nitrogen and oxygen atoms in total. The Morgan fingerprint density at radius 3 is 2.38 bits per heavy atom. The third-order valence-corrected chi connectivity index (χ3v) is 5.29. The van der Waals surface area contributed by atoms with Gasteiger partial charge in [-0.3, -0.25) is 4.90 Å². The Morgan fingerprint density at radius 1 is 1.15 bits per heavy atom. The lowest BCUT2D eigenvalue weighted by atomic mass is 10.1. The summed E-state index contributed by atoms with van der Waals surface area (Å²) < 4.78 is 36.4. The average Bonchev–Trinajstić information content (AvgIpc) is 3.16. The predicted octanol–water partition coefficient (Wildman–Crippen LogP) is 1.70. The lowest BCUT2D eigenvalue weighted by Crippen LogP contribution is -2.49. The van der Waals surface area contributed by atoms with Crippen molar-refractivity contribution in [2.75, 3.05) is 51.0 Å². The van der Waals surface area contributed by atoms with Crippen LogP contribution in [0.5, 0.6) is 5.75 Å². The summed E-state index contributed by atoms with van der Waals surface area (Å²) in [6, 6.07) is 11.7. The number of sulfonamides is 1. The van der Waals surface area contributed by atoms with Gasteiger partial charge in [0, 0.05) is 38.4 Å². The van der Waals surface area contributed by atoms with E-state index in [9.17, 15) is 8.42 Å². The van der Waals surface area contributed by atoms with E-state index in [2.05, 4.69) is 26.7 Å². The van der Waals surface area contributed by atoms with Crippen molar-refractivity contribution in [1.29, 1.82) is 0 Å². The van der Waals surface area contributed by atoms with Crippen molar-refractivity contribution in [1.82, 2.24) is 9.62 Å². The van der Waals surface area contributed by atoms with Crippen LogP contribution in [0.2, 0.25) is 0 Å². The molecule has 0 spiro atoms. The first-order valence-corrected chi connectivity index (χ1v) is 10.5. The molecule has 1 aliphatic heterocycles. The molecule has 142 valence electrons. The van der Waals surface area contributed by atoms with Crippen LogP contribution in [0.15, 0.2) is 47.1 Å². The van der Waals surface area contributed by atoms with E-state index in [0.29, 0.717) is 6.54 Å². The lowest BCUT2D eigenvalue weighted by Gasteiger charge is -2.39. The number of hydrogen-bond acceptors (Lipinski definition) is 6. The molecule has 1 fully saturated rings. The molecule has 2 heterocycles. The third kappa shape index (κ3) is 4.78. The van der Waals surface area contributed by atoms with Crippen molar-refractivity contribution in [2.24, 2.45) is 0 Å². The third-order valence-electron chi connectivity index (χ3n) is 4.60. The van der Waals surface area contributed by atoms with Crippen LogP contribution < -0.4 is 14.4 Å². The summed E-state index contributed by atoms with van der Waals surface area (Å²) in [5, 5.41) is 0. The minimum absolute atomic E-state index is 0.113. The molecule has 1 aromatic carbocycles. The molecule has 2 aromatic rings. The monoisotopic (exact) mass is 379 g/mol. The van der Waals surface area contributed by atoms with Gasteiger partial charge < -0.3 is 14.1 Å². The van der Waals surface area contributed by atoms with E-state index in [-0.39, 0.29) is 6.04 Å². The minimum atomic E-state index is -3.25. The Hall–Kier alpha value is -2.03. The van der Waals surface area contributed by atoms with E-state index in [1.165, 1.54) is 6.26 Å². The zero-order valence-electron chi connectivity index (χ0n) is 15.1. The van der Waals surface area contributed by atoms with Gasteiger partial charge in [0.15, 0.2) is 0 Å². The van der Waals surface area contributed by atoms with Gasteiger partial charge in [-0.1, -0.05) is 0 Å². The van der Waals surface area contributed by atoms with E-state index >= 15 is 0 Å². The highest BCUT2D eigenvalue weighted by atomic mass is 32.2. The van der Waals surface area contributed by atoms with Gasteiger partial charge in [-0.05, 0) is 36.4 Å². The normalized spacial score (nSPS) is 17.2. The maximum atomic E-state index is 11.5. The number of ether oxygens (including phenoxy) is 1. The summed E-state index contributed by atoms with van der Waals surface area (Å²) in [6.07, 6.45) is 2.80. The smallest absolute Gasteiger partial charge is 0.208 e. The topological polar surface area (TPSA) is 75.0 Å². The zero-order chi connectivity index (χ0) is 18.6. The second kappa shape index (κ2) is 8.11. The second-order valence-corrected chi connectivity index (χ2v) is 8.21. The zero-order valence-corrected chi connectivity index (χ0v) is 15.9. The molecule has 1 aromatic heterocycles. The standard InChI is InChI=1S/C18H25N3O4S/c1-24-16-7-5-15(6-8-16)20-9-11-21(12-10-20)17(14-19-26(2,22)23)18-4-3-13-25-18/h3-8,13,17,19H,9-12,14H2,1-2H3/t17-/m0/s1. The number of hydrogen-bond donors (Lipinski definition) is 1. The van der Waals surface area contributed by atoms with E-state index < -0.39 is 10.0 Å². The van der Waals surface area contributed by atoms with Crippen molar-refractivity contribution in [3.63, 3.8) is 0 Å². The van der Waals surface area contributed by atoms with Gasteiger partial charge in [-0.15, -0.1) is 0 Å². The Balaban J connectivity index is 1.65. The van der Waals surface area contributed by atoms with Crippen LogP contribution in [0.4, 0.5) is 5.69 Å². The molecule has 0 radical (unpaired) electrons. The Kier molecular flexibility index (Phi) is 5.85. The number of nitrogens with zero attached hydrogens (tertiary/aromatic N) is 2. The van der Waals surface area contributed by atoms with Crippen LogP contribution in [-0.2, 0) is 10.0 Å². The van der Waals surface area contributed by atoms with Gasteiger partial charge in [0.05, 0.1) is 25.7 Å². The van der Waals surface area contributed by atoms with Gasteiger partial charge >= 0.3 is 0 Å². The molecule has 26 heavy (non-hydrogen) atoms. The SMILES string of the molecule is COc1ccc(N2CCN([C@@H](CNS(C)(=O)=O)c3ccco3)CC2)cc1. The highest BCUT2D eigenvalue weighted by molar-refractivity contribution is 7.88. The summed E-state index contributed by atoms with van der Waals surface area (Å²) >= 11 is 0. The number of piperazine rings is 1. The first kappa shape index (κ1) is 18.8. The first-order valence-electron chi connectivity index (χ1n) is 8.57. The molecule has 0 bridgehead atoms. The van der Waals surface area contributed by atoms with Gasteiger partial charge in [-0.2, -0.15) is 0 Å². The Morgan fingerprint density at radius 2 is 1.85 bits per heavy atom. The number of rotatable bonds is 7. The average molecular weight is 379 g/mol. The van der Waals surface area contributed by atoms with Gasteiger partial charge in [0.25, 0.3) is 0 Å². The van der Waals surface area contributed by atoms with Crippen LogP contribution in [0.3, 0.4) is 0 Å². The van der Waals surface area contributed by atoms with E-state index in [0.717, 1.165) is 43.4 Å². The number of nitrogens with one attached hydrogen (secondary N) is 1. The van der Waals surface area contributed by atoms with Crippen molar-refractivity contribution < 1.29 is 17.6 Å². The highest BCUT2D eigenvalue weighted by Gasteiger charge is 2.27. The van der Waals surface area contributed by atoms with E-state index in [1.54, 1.807) is 13.4 Å². The lowest BCUT2D eigenvalue weighted by molar-refractivity contribution is 0.166. The number of furan rings is 1. The Labute approximate surface area is 154 Å². The molecule has 8 heteroatoms. The van der Waals surface area contributed by atoms with Crippen molar-refractivity contribution in [3.05, 3.63) is 48.4 Å². The Bertz CT molecular complexity index is 782. The van der Waals surface area contributed by atoms with Crippen molar-refractivity contribution in [3.8, 4) is 5.75 Å². The number of methoxy groups -OCH3 is 1. The van der Waals surface area contributed by atoms with Crippen LogP contribution in [0, 0.1) is 0 Å². The molecule has 1 N–H and O–H groups in total. The minimum Gasteiger partial charge on any atom is -0.497 e. The molecule has 0 amide bonds. The number of anilines is 1. The molecule has 1 saturated heterocycles. The van der Waals surface area contributed by atoms with Crippen molar-refractivity contribution >= 4 is 15.7 Å². The van der Waals surface area contributed by atoms with Crippen LogP contribution in [0.25, 0.3) is 0 Å². The second-order valence-electron chi connectivity index (χ2n) is 6.37. The molecule has 1 atom stereocenters. The maximum Gasteiger partial charge on any atom is 0.208 e. The van der Waals surface area contributed by atoms with Gasteiger partial charge in [0.1, 0.15) is 11.5 Å². The summed E-state index contributed by atoms with van der Waals surface area (Å²) in [5.74, 6) is 1.62. The number of benzene rings is 1.